The molecule has 5 nitrogen and oxygen atoms in total. The number of hydrogen-bond donors (Lipinski definition) is 1. The summed E-state index contributed by atoms with van der Waals surface area (Å²) in [5.74, 6) is 1.82. The van der Waals surface area contributed by atoms with E-state index in [1.165, 1.54) is 28.4 Å². The second kappa shape index (κ2) is 9.57. The van der Waals surface area contributed by atoms with Crippen molar-refractivity contribution in [2.75, 3.05) is 40.5 Å². The van der Waals surface area contributed by atoms with Gasteiger partial charge in [0.15, 0.2) is 17.3 Å². The van der Waals surface area contributed by atoms with E-state index in [-0.39, 0.29) is 5.79 Å². The normalized spacial score (nSPS) is 21.9. The minimum absolute atomic E-state index is 0.279. The van der Waals surface area contributed by atoms with Crippen molar-refractivity contribution in [2.45, 2.75) is 44.3 Å². The molecule has 1 N–H and O–H groups in total. The molecule has 6 heteroatoms. The van der Waals surface area contributed by atoms with Crippen molar-refractivity contribution in [3.05, 3.63) is 21.3 Å². The molecule has 1 aromatic carbocycles. The van der Waals surface area contributed by atoms with Crippen molar-refractivity contribution >= 4 is 22.6 Å². The highest BCUT2D eigenvalue weighted by Gasteiger charge is 2.45. The zero-order chi connectivity index (χ0) is 18.4. The molecule has 0 bridgehead atoms. The van der Waals surface area contributed by atoms with Gasteiger partial charge in [0, 0.05) is 15.9 Å². The summed E-state index contributed by atoms with van der Waals surface area (Å²) in [4.78, 5) is 0. The van der Waals surface area contributed by atoms with Gasteiger partial charge in [0.1, 0.15) is 0 Å². The topological polar surface area (TPSA) is 49.0 Å². The molecular weight excluding hydrogens is 445 g/mol. The Morgan fingerprint density at radius 3 is 2.58 bits per heavy atom. The summed E-state index contributed by atoms with van der Waals surface area (Å²) in [5, 5.41) is 3.59. The SMILES string of the molecule is COc1cc(I)c(CCNCCC2CCCCC23OCCO3)cc1OC. The van der Waals surface area contributed by atoms with E-state index in [9.17, 15) is 0 Å². The van der Waals surface area contributed by atoms with E-state index in [0.29, 0.717) is 5.92 Å². The fraction of sp³-hybridized carbons (Fsp3) is 0.700. The average molecular weight is 475 g/mol. The Balaban J connectivity index is 1.45. The Kier molecular flexibility index (Phi) is 7.43. The van der Waals surface area contributed by atoms with Crippen LogP contribution in [0.25, 0.3) is 0 Å². The van der Waals surface area contributed by atoms with Crippen LogP contribution in [0.4, 0.5) is 0 Å². The standard InChI is InChI=1S/C20H30INO4/c1-23-18-13-15(17(21)14-19(18)24-2)6-9-22-10-7-16-5-3-4-8-20(16)25-11-12-26-20/h13-14,16,22H,3-12H2,1-2H3. The summed E-state index contributed by atoms with van der Waals surface area (Å²) in [5.41, 5.74) is 1.28. The van der Waals surface area contributed by atoms with E-state index in [4.69, 9.17) is 18.9 Å². The van der Waals surface area contributed by atoms with E-state index in [1.807, 2.05) is 6.07 Å². The number of hydrogen-bond acceptors (Lipinski definition) is 5. The molecule has 1 atom stereocenters. The van der Waals surface area contributed by atoms with Crippen LogP contribution in [0.15, 0.2) is 12.1 Å². The molecule has 0 aromatic heterocycles. The van der Waals surface area contributed by atoms with Gasteiger partial charge in [-0.2, -0.15) is 0 Å². The Morgan fingerprint density at radius 2 is 1.85 bits per heavy atom. The second-order valence-electron chi connectivity index (χ2n) is 7.04. The molecule has 1 saturated carbocycles. The molecule has 3 rings (SSSR count). The molecule has 1 unspecified atom stereocenters. The summed E-state index contributed by atoms with van der Waals surface area (Å²) in [6.45, 7) is 3.46. The zero-order valence-corrected chi connectivity index (χ0v) is 18.0. The number of methoxy groups -OCH3 is 2. The van der Waals surface area contributed by atoms with Crippen LogP contribution in [-0.2, 0) is 15.9 Å². The van der Waals surface area contributed by atoms with Gasteiger partial charge in [0.25, 0.3) is 0 Å². The zero-order valence-electron chi connectivity index (χ0n) is 15.8. The van der Waals surface area contributed by atoms with Crippen LogP contribution in [-0.4, -0.2) is 46.3 Å². The maximum Gasteiger partial charge on any atom is 0.171 e. The third-order valence-electron chi connectivity index (χ3n) is 5.52. The van der Waals surface area contributed by atoms with Crippen molar-refractivity contribution in [3.63, 3.8) is 0 Å². The first-order valence-electron chi connectivity index (χ1n) is 9.57. The van der Waals surface area contributed by atoms with Crippen LogP contribution < -0.4 is 14.8 Å². The molecule has 0 amide bonds. The smallest absolute Gasteiger partial charge is 0.171 e. The molecule has 1 aliphatic carbocycles. The first kappa shape index (κ1) is 20.2. The molecule has 0 radical (unpaired) electrons. The van der Waals surface area contributed by atoms with Gasteiger partial charge in [-0.1, -0.05) is 6.42 Å². The Bertz CT molecular complexity index is 589. The predicted molar refractivity (Wildman–Crippen MR) is 110 cm³/mol. The number of benzene rings is 1. The molecule has 2 aliphatic rings. The summed E-state index contributed by atoms with van der Waals surface area (Å²) in [6.07, 6.45) is 6.88. The molecule has 1 aromatic rings. The highest BCUT2D eigenvalue weighted by atomic mass is 127. The first-order valence-corrected chi connectivity index (χ1v) is 10.7. The summed E-state index contributed by atoms with van der Waals surface area (Å²) < 4.78 is 24.0. The van der Waals surface area contributed by atoms with Crippen LogP contribution in [0, 0.1) is 9.49 Å². The van der Waals surface area contributed by atoms with Gasteiger partial charge in [-0.25, -0.2) is 0 Å². The van der Waals surface area contributed by atoms with Crippen LogP contribution in [0.1, 0.15) is 37.7 Å². The number of rotatable bonds is 8. The minimum Gasteiger partial charge on any atom is -0.493 e. The van der Waals surface area contributed by atoms with Crippen LogP contribution in [0.2, 0.25) is 0 Å². The van der Waals surface area contributed by atoms with E-state index in [2.05, 4.69) is 34.0 Å². The predicted octanol–water partition coefficient (Wildman–Crippen LogP) is 3.76. The number of nitrogens with one attached hydrogen (secondary N) is 1. The van der Waals surface area contributed by atoms with E-state index < -0.39 is 0 Å². The Labute approximate surface area is 170 Å². The van der Waals surface area contributed by atoms with Crippen LogP contribution in [0.3, 0.4) is 0 Å². The van der Waals surface area contributed by atoms with Crippen LogP contribution >= 0.6 is 22.6 Å². The highest BCUT2D eigenvalue weighted by Crippen LogP contribution is 2.41. The fourth-order valence-corrected chi connectivity index (χ4v) is 4.82. The minimum atomic E-state index is -0.279. The largest absolute Gasteiger partial charge is 0.493 e. The van der Waals surface area contributed by atoms with Gasteiger partial charge in [0.2, 0.25) is 0 Å². The summed E-state index contributed by atoms with van der Waals surface area (Å²) >= 11 is 2.36. The van der Waals surface area contributed by atoms with E-state index in [1.54, 1.807) is 14.2 Å². The second-order valence-corrected chi connectivity index (χ2v) is 8.20. The van der Waals surface area contributed by atoms with Crippen molar-refractivity contribution in [2.24, 2.45) is 5.92 Å². The Morgan fingerprint density at radius 1 is 1.12 bits per heavy atom. The highest BCUT2D eigenvalue weighted by molar-refractivity contribution is 14.1. The van der Waals surface area contributed by atoms with Crippen LogP contribution in [0.5, 0.6) is 11.5 Å². The maximum absolute atomic E-state index is 6.01. The lowest BCUT2D eigenvalue weighted by Gasteiger charge is -2.39. The van der Waals surface area contributed by atoms with Gasteiger partial charge in [0.05, 0.1) is 27.4 Å². The quantitative estimate of drug-likeness (QED) is 0.459. The lowest BCUT2D eigenvalue weighted by molar-refractivity contribution is -0.213. The van der Waals surface area contributed by atoms with Crippen molar-refractivity contribution in [3.8, 4) is 11.5 Å². The molecule has 1 saturated heterocycles. The average Bonchev–Trinajstić information content (AvgIpc) is 3.12. The third kappa shape index (κ3) is 4.64. The lowest BCUT2D eigenvalue weighted by atomic mass is 9.81. The monoisotopic (exact) mass is 475 g/mol. The van der Waals surface area contributed by atoms with E-state index >= 15 is 0 Å². The van der Waals surface area contributed by atoms with Gasteiger partial charge in [-0.15, -0.1) is 0 Å². The third-order valence-corrected chi connectivity index (χ3v) is 6.52. The molecule has 1 aliphatic heterocycles. The van der Waals surface area contributed by atoms with Crippen molar-refractivity contribution < 1.29 is 18.9 Å². The molecule has 1 heterocycles. The van der Waals surface area contributed by atoms with Gasteiger partial charge >= 0.3 is 0 Å². The Hall–Kier alpha value is -0.570. The number of ether oxygens (including phenoxy) is 4. The van der Waals surface area contributed by atoms with Crippen molar-refractivity contribution in [1.29, 1.82) is 0 Å². The first-order chi connectivity index (χ1) is 12.7. The fourth-order valence-electron chi connectivity index (χ4n) is 4.11. The van der Waals surface area contributed by atoms with Gasteiger partial charge in [-0.05, 0) is 79.1 Å². The number of halogens is 1. The van der Waals surface area contributed by atoms with Crippen molar-refractivity contribution in [1.82, 2.24) is 5.32 Å². The summed E-state index contributed by atoms with van der Waals surface area (Å²) in [7, 11) is 3.35. The molecule has 26 heavy (non-hydrogen) atoms. The molecule has 1 spiro atoms. The molecular formula is C20H30INO4. The van der Waals surface area contributed by atoms with Gasteiger partial charge < -0.3 is 24.3 Å². The molecule has 2 fully saturated rings. The van der Waals surface area contributed by atoms with Gasteiger partial charge in [-0.3, -0.25) is 0 Å². The van der Waals surface area contributed by atoms with E-state index in [0.717, 1.165) is 57.1 Å². The molecule has 146 valence electrons. The lowest BCUT2D eigenvalue weighted by Crippen LogP contribution is -2.43. The summed E-state index contributed by atoms with van der Waals surface area (Å²) in [6, 6.07) is 4.12. The maximum atomic E-state index is 6.01.